The fourth-order valence-electron chi connectivity index (χ4n) is 1.24. The summed E-state index contributed by atoms with van der Waals surface area (Å²) in [7, 11) is 3.21. The van der Waals surface area contributed by atoms with Gasteiger partial charge >= 0.3 is 0 Å². The summed E-state index contributed by atoms with van der Waals surface area (Å²) in [6.07, 6.45) is 0. The molecule has 0 aromatic heterocycles. The molecule has 0 fully saturated rings. The predicted molar refractivity (Wildman–Crippen MR) is 61.9 cm³/mol. The van der Waals surface area contributed by atoms with Gasteiger partial charge in [0.2, 0.25) is 0 Å². The SMILES string of the molecule is COc1cc(Cl)c(C(C)Br)c(OC)c1. The van der Waals surface area contributed by atoms with E-state index in [0.717, 1.165) is 11.3 Å². The van der Waals surface area contributed by atoms with Crippen molar-refractivity contribution in [2.45, 2.75) is 11.8 Å². The zero-order chi connectivity index (χ0) is 10.7. The number of ether oxygens (including phenoxy) is 2. The lowest BCUT2D eigenvalue weighted by Gasteiger charge is -2.14. The molecule has 1 aromatic carbocycles. The van der Waals surface area contributed by atoms with Crippen LogP contribution in [-0.2, 0) is 0 Å². The minimum absolute atomic E-state index is 0.149. The molecule has 0 amide bonds. The van der Waals surface area contributed by atoms with Crippen LogP contribution in [0.15, 0.2) is 12.1 Å². The topological polar surface area (TPSA) is 18.5 Å². The summed E-state index contributed by atoms with van der Waals surface area (Å²) in [6.45, 7) is 2.00. The highest BCUT2D eigenvalue weighted by Crippen LogP contribution is 2.39. The van der Waals surface area contributed by atoms with Gasteiger partial charge in [-0.05, 0) is 13.0 Å². The smallest absolute Gasteiger partial charge is 0.128 e. The van der Waals surface area contributed by atoms with Crippen LogP contribution in [0.2, 0.25) is 5.02 Å². The molecule has 1 unspecified atom stereocenters. The van der Waals surface area contributed by atoms with E-state index >= 15 is 0 Å². The summed E-state index contributed by atoms with van der Waals surface area (Å²) in [6, 6.07) is 3.59. The molecule has 78 valence electrons. The summed E-state index contributed by atoms with van der Waals surface area (Å²) in [4.78, 5) is 0.149. The fourth-order valence-corrected chi connectivity index (χ4v) is 2.21. The first kappa shape index (κ1) is 11.7. The Morgan fingerprint density at radius 1 is 1.29 bits per heavy atom. The van der Waals surface area contributed by atoms with E-state index in [1.807, 2.05) is 13.0 Å². The average molecular weight is 280 g/mol. The largest absolute Gasteiger partial charge is 0.497 e. The second kappa shape index (κ2) is 4.89. The van der Waals surface area contributed by atoms with Crippen molar-refractivity contribution < 1.29 is 9.47 Å². The van der Waals surface area contributed by atoms with Gasteiger partial charge in [0.25, 0.3) is 0 Å². The Balaban J connectivity index is 3.27. The van der Waals surface area contributed by atoms with E-state index in [2.05, 4.69) is 15.9 Å². The Morgan fingerprint density at radius 3 is 2.36 bits per heavy atom. The maximum absolute atomic E-state index is 6.10. The Kier molecular flexibility index (Phi) is 4.08. The zero-order valence-corrected chi connectivity index (χ0v) is 10.6. The van der Waals surface area contributed by atoms with Crippen molar-refractivity contribution in [3.63, 3.8) is 0 Å². The van der Waals surface area contributed by atoms with Crippen molar-refractivity contribution in [1.29, 1.82) is 0 Å². The van der Waals surface area contributed by atoms with Gasteiger partial charge in [0.05, 0.1) is 19.2 Å². The van der Waals surface area contributed by atoms with Crippen molar-refractivity contribution in [3.05, 3.63) is 22.7 Å². The third kappa shape index (κ3) is 2.34. The molecule has 0 heterocycles. The molecule has 0 saturated carbocycles. The number of hydrogen-bond donors (Lipinski definition) is 0. The molecule has 14 heavy (non-hydrogen) atoms. The van der Waals surface area contributed by atoms with Crippen LogP contribution in [0.25, 0.3) is 0 Å². The van der Waals surface area contributed by atoms with Crippen LogP contribution >= 0.6 is 27.5 Å². The van der Waals surface area contributed by atoms with Crippen molar-refractivity contribution in [3.8, 4) is 11.5 Å². The normalized spacial score (nSPS) is 12.4. The maximum Gasteiger partial charge on any atom is 0.128 e. The number of halogens is 2. The van der Waals surface area contributed by atoms with E-state index in [-0.39, 0.29) is 4.83 Å². The molecule has 0 N–H and O–H groups in total. The molecule has 0 spiro atoms. The van der Waals surface area contributed by atoms with E-state index in [9.17, 15) is 0 Å². The number of hydrogen-bond acceptors (Lipinski definition) is 2. The molecule has 0 radical (unpaired) electrons. The van der Waals surface area contributed by atoms with Crippen LogP contribution in [0.5, 0.6) is 11.5 Å². The lowest BCUT2D eigenvalue weighted by Crippen LogP contribution is -1.95. The van der Waals surface area contributed by atoms with Gasteiger partial charge < -0.3 is 9.47 Å². The third-order valence-electron chi connectivity index (χ3n) is 1.92. The quantitative estimate of drug-likeness (QED) is 0.783. The number of benzene rings is 1. The Morgan fingerprint density at radius 2 is 1.93 bits per heavy atom. The van der Waals surface area contributed by atoms with Crippen molar-refractivity contribution in [2.24, 2.45) is 0 Å². The Hall–Kier alpha value is -0.410. The van der Waals surface area contributed by atoms with E-state index in [1.165, 1.54) is 0 Å². The first-order chi connectivity index (χ1) is 6.60. The van der Waals surface area contributed by atoms with Gasteiger partial charge in [0.15, 0.2) is 0 Å². The Bertz CT molecular complexity index is 326. The molecule has 1 aromatic rings. The van der Waals surface area contributed by atoms with Crippen LogP contribution in [0.3, 0.4) is 0 Å². The number of rotatable bonds is 3. The van der Waals surface area contributed by atoms with Gasteiger partial charge in [-0.3, -0.25) is 0 Å². The fraction of sp³-hybridized carbons (Fsp3) is 0.400. The standard InChI is InChI=1S/C10H12BrClO2/c1-6(11)10-8(12)4-7(13-2)5-9(10)14-3/h4-6H,1-3H3. The summed E-state index contributed by atoms with van der Waals surface area (Å²) >= 11 is 9.56. The van der Waals surface area contributed by atoms with E-state index < -0.39 is 0 Å². The lowest BCUT2D eigenvalue weighted by molar-refractivity contribution is 0.391. The molecule has 1 atom stereocenters. The monoisotopic (exact) mass is 278 g/mol. The molecule has 0 bridgehead atoms. The second-order valence-corrected chi connectivity index (χ2v) is 4.62. The zero-order valence-electron chi connectivity index (χ0n) is 8.30. The van der Waals surface area contributed by atoms with Gasteiger partial charge in [-0.2, -0.15) is 0 Å². The van der Waals surface area contributed by atoms with Crippen LogP contribution in [-0.4, -0.2) is 14.2 Å². The molecule has 4 heteroatoms. The lowest BCUT2D eigenvalue weighted by atomic mass is 10.1. The molecule has 0 aliphatic carbocycles. The highest BCUT2D eigenvalue weighted by Gasteiger charge is 2.14. The van der Waals surface area contributed by atoms with Crippen molar-refractivity contribution in [1.82, 2.24) is 0 Å². The van der Waals surface area contributed by atoms with E-state index in [0.29, 0.717) is 10.8 Å². The minimum atomic E-state index is 0.149. The van der Waals surface area contributed by atoms with Crippen molar-refractivity contribution in [2.75, 3.05) is 14.2 Å². The van der Waals surface area contributed by atoms with Gasteiger partial charge in [-0.15, -0.1) is 0 Å². The van der Waals surface area contributed by atoms with Crippen LogP contribution in [0.4, 0.5) is 0 Å². The summed E-state index contributed by atoms with van der Waals surface area (Å²) in [5.74, 6) is 1.43. The summed E-state index contributed by atoms with van der Waals surface area (Å²) < 4.78 is 10.3. The molecule has 0 aliphatic rings. The van der Waals surface area contributed by atoms with Gasteiger partial charge in [-0.1, -0.05) is 27.5 Å². The van der Waals surface area contributed by atoms with Crippen LogP contribution in [0.1, 0.15) is 17.3 Å². The molecular weight excluding hydrogens is 267 g/mol. The van der Waals surface area contributed by atoms with Crippen LogP contribution in [0, 0.1) is 0 Å². The Labute approximate surface area is 97.3 Å². The molecule has 0 aliphatic heterocycles. The van der Waals surface area contributed by atoms with Crippen LogP contribution < -0.4 is 9.47 Å². The first-order valence-corrected chi connectivity index (χ1v) is 5.45. The van der Waals surface area contributed by atoms with E-state index in [1.54, 1.807) is 20.3 Å². The molecule has 0 saturated heterocycles. The van der Waals surface area contributed by atoms with Crippen molar-refractivity contribution >= 4 is 27.5 Å². The highest BCUT2D eigenvalue weighted by atomic mass is 79.9. The van der Waals surface area contributed by atoms with Gasteiger partial charge in [0, 0.05) is 16.5 Å². The molecular formula is C10H12BrClO2. The highest BCUT2D eigenvalue weighted by molar-refractivity contribution is 9.09. The maximum atomic E-state index is 6.10. The molecule has 2 nitrogen and oxygen atoms in total. The molecule has 1 rings (SSSR count). The minimum Gasteiger partial charge on any atom is -0.497 e. The number of methoxy groups -OCH3 is 2. The van der Waals surface area contributed by atoms with Gasteiger partial charge in [0.1, 0.15) is 11.5 Å². The second-order valence-electron chi connectivity index (χ2n) is 2.84. The van der Waals surface area contributed by atoms with Gasteiger partial charge in [-0.25, -0.2) is 0 Å². The average Bonchev–Trinajstić information content (AvgIpc) is 2.15. The predicted octanol–water partition coefficient (Wildman–Crippen LogP) is 3.81. The number of alkyl halides is 1. The third-order valence-corrected chi connectivity index (χ3v) is 2.69. The summed E-state index contributed by atoms with van der Waals surface area (Å²) in [5, 5.41) is 0.644. The summed E-state index contributed by atoms with van der Waals surface area (Å²) in [5.41, 5.74) is 0.940. The first-order valence-electron chi connectivity index (χ1n) is 4.15. The van der Waals surface area contributed by atoms with E-state index in [4.69, 9.17) is 21.1 Å².